The van der Waals surface area contributed by atoms with Gasteiger partial charge in [-0.3, -0.25) is 14.4 Å². The molecule has 0 aliphatic rings. The van der Waals surface area contributed by atoms with Crippen LogP contribution in [-0.2, 0) is 20.7 Å². The largest absolute Gasteiger partial charge is 0.481 e. The van der Waals surface area contributed by atoms with Crippen molar-refractivity contribution in [3.8, 4) is 0 Å². The SMILES string of the molecule is CCCCC(=O)N(CCC)C(CC(OC(=O)NC)c1nc(C(=O)N[C@@H](Cc2ccccc2N)CC(C)C(=O)O)cs1)C(C)C. The maximum atomic E-state index is 13.4. The van der Waals surface area contributed by atoms with Crippen LogP contribution in [0.25, 0.3) is 0 Å². The third-order valence-corrected chi connectivity index (χ3v) is 8.49. The highest BCUT2D eigenvalue weighted by molar-refractivity contribution is 7.09. The van der Waals surface area contributed by atoms with Crippen LogP contribution in [0.2, 0.25) is 0 Å². The number of hydrogen-bond acceptors (Lipinski definition) is 8. The van der Waals surface area contributed by atoms with Gasteiger partial charge < -0.3 is 31.1 Å². The molecule has 12 heteroatoms. The number of anilines is 1. The predicted molar refractivity (Wildman–Crippen MR) is 172 cm³/mol. The number of nitrogens with two attached hydrogens (primary N) is 1. The first-order valence-corrected chi connectivity index (χ1v) is 16.3. The van der Waals surface area contributed by atoms with Gasteiger partial charge >= 0.3 is 12.1 Å². The number of rotatable bonds is 18. The zero-order valence-corrected chi connectivity index (χ0v) is 27.6. The second-order valence-electron chi connectivity index (χ2n) is 11.5. The third kappa shape index (κ3) is 11.1. The van der Waals surface area contributed by atoms with Crippen molar-refractivity contribution in [1.82, 2.24) is 20.5 Å². The summed E-state index contributed by atoms with van der Waals surface area (Å²) >= 11 is 1.20. The molecule has 3 amide bonds. The van der Waals surface area contributed by atoms with E-state index >= 15 is 0 Å². The minimum absolute atomic E-state index is 0.0750. The first-order valence-electron chi connectivity index (χ1n) is 15.4. The van der Waals surface area contributed by atoms with Crippen molar-refractivity contribution in [2.45, 2.75) is 97.8 Å². The molecular weight excluding hydrogens is 582 g/mol. The van der Waals surface area contributed by atoms with Crippen LogP contribution in [-0.4, -0.2) is 64.5 Å². The number of benzene rings is 1. The lowest BCUT2D eigenvalue weighted by molar-refractivity contribution is -0.141. The number of aliphatic carboxylic acids is 1. The number of nitrogens with zero attached hydrogens (tertiary/aromatic N) is 2. The Bertz CT molecular complexity index is 1240. The van der Waals surface area contributed by atoms with Crippen molar-refractivity contribution >= 4 is 40.9 Å². The summed E-state index contributed by atoms with van der Waals surface area (Å²) in [6.07, 6.45) is 2.41. The van der Waals surface area contributed by atoms with Crippen LogP contribution in [0.5, 0.6) is 0 Å². The third-order valence-electron chi connectivity index (χ3n) is 7.55. The van der Waals surface area contributed by atoms with Gasteiger partial charge in [-0.25, -0.2) is 9.78 Å². The molecular formula is C32H49N5O6S. The number of ether oxygens (including phenoxy) is 1. The number of carboxylic acid groups (broad SMARTS) is 1. The summed E-state index contributed by atoms with van der Waals surface area (Å²) in [6.45, 7) is 10.3. The van der Waals surface area contributed by atoms with Gasteiger partial charge in [0.2, 0.25) is 5.91 Å². The molecule has 0 fully saturated rings. The zero-order valence-electron chi connectivity index (χ0n) is 26.8. The molecule has 0 radical (unpaired) electrons. The molecule has 1 aromatic heterocycles. The van der Waals surface area contributed by atoms with E-state index in [9.17, 15) is 24.3 Å². The Morgan fingerprint density at radius 3 is 2.39 bits per heavy atom. The van der Waals surface area contributed by atoms with Crippen molar-refractivity contribution < 1.29 is 29.0 Å². The molecule has 0 spiro atoms. The van der Waals surface area contributed by atoms with Crippen molar-refractivity contribution in [1.29, 1.82) is 0 Å². The number of nitrogen functional groups attached to an aromatic ring is 1. The van der Waals surface area contributed by atoms with Gasteiger partial charge in [-0.15, -0.1) is 11.3 Å². The number of unbranched alkanes of at least 4 members (excludes halogenated alkanes) is 1. The van der Waals surface area contributed by atoms with E-state index in [0.717, 1.165) is 24.8 Å². The number of amides is 3. The number of para-hydroxylation sites is 1. The summed E-state index contributed by atoms with van der Waals surface area (Å²) in [5.41, 5.74) is 7.62. The van der Waals surface area contributed by atoms with Crippen LogP contribution in [0.3, 0.4) is 0 Å². The number of hydrogen-bond donors (Lipinski definition) is 4. The molecule has 2 aromatic rings. The first-order chi connectivity index (χ1) is 20.9. The van der Waals surface area contributed by atoms with Gasteiger partial charge in [0.25, 0.3) is 5.91 Å². The summed E-state index contributed by atoms with van der Waals surface area (Å²) in [5, 5.41) is 17.0. The Balaban J connectivity index is 2.34. The summed E-state index contributed by atoms with van der Waals surface area (Å²) in [5.74, 6) is -1.97. The van der Waals surface area contributed by atoms with Crippen LogP contribution >= 0.6 is 11.3 Å². The highest BCUT2D eigenvalue weighted by Crippen LogP contribution is 2.31. The average Bonchev–Trinajstić information content (AvgIpc) is 3.48. The smallest absolute Gasteiger partial charge is 0.407 e. The summed E-state index contributed by atoms with van der Waals surface area (Å²) in [4.78, 5) is 57.0. The lowest BCUT2D eigenvalue weighted by atomic mass is 9.95. The van der Waals surface area contributed by atoms with E-state index in [1.54, 1.807) is 18.4 Å². The van der Waals surface area contributed by atoms with Gasteiger partial charge in [0.15, 0.2) is 6.10 Å². The summed E-state index contributed by atoms with van der Waals surface area (Å²) in [7, 11) is 1.47. The molecule has 11 nitrogen and oxygen atoms in total. The molecule has 0 aliphatic carbocycles. The Hall–Kier alpha value is -3.67. The molecule has 2 rings (SSSR count). The molecule has 0 aliphatic heterocycles. The number of nitrogens with one attached hydrogen (secondary N) is 2. The highest BCUT2D eigenvalue weighted by Gasteiger charge is 2.32. The standard InChI is InChI=1S/C32H49N5O6S/c1-7-9-14-28(38)37(15-8-2)26(20(3)4)18-27(43-32(42)34-6)30-36-25(19-44-30)29(39)35-23(16-21(5)31(40)41)17-22-12-10-11-13-24(22)33/h10-13,19-21,23,26-27H,7-9,14-18,33H2,1-6H3,(H,34,42)(H,35,39)(H,40,41)/t21?,23-,26?,27?/m1/s1. The number of carboxylic acids is 1. The fourth-order valence-corrected chi connectivity index (χ4v) is 5.90. The average molecular weight is 632 g/mol. The van der Waals surface area contributed by atoms with E-state index in [0.29, 0.717) is 36.5 Å². The fraction of sp³-hybridized carbons (Fsp3) is 0.594. The number of carbonyl (C=O) groups excluding carboxylic acids is 3. The van der Waals surface area contributed by atoms with Gasteiger partial charge in [0.05, 0.1) is 5.92 Å². The number of thiazole rings is 1. The van der Waals surface area contributed by atoms with E-state index in [4.69, 9.17) is 10.5 Å². The van der Waals surface area contributed by atoms with Crippen LogP contribution in [0.1, 0.15) is 100 Å². The van der Waals surface area contributed by atoms with Gasteiger partial charge in [0, 0.05) is 49.6 Å². The maximum absolute atomic E-state index is 13.4. The van der Waals surface area contributed by atoms with Crippen molar-refractivity contribution in [2.24, 2.45) is 11.8 Å². The van der Waals surface area contributed by atoms with Crippen molar-refractivity contribution in [2.75, 3.05) is 19.3 Å². The first kappa shape index (κ1) is 36.5. The van der Waals surface area contributed by atoms with Crippen LogP contribution in [0.15, 0.2) is 29.6 Å². The predicted octanol–water partition coefficient (Wildman–Crippen LogP) is 5.42. The Morgan fingerprint density at radius 2 is 1.80 bits per heavy atom. The van der Waals surface area contributed by atoms with Gasteiger partial charge in [0.1, 0.15) is 10.7 Å². The molecule has 3 unspecified atom stereocenters. The lowest BCUT2D eigenvalue weighted by Gasteiger charge is -2.36. The second-order valence-corrected chi connectivity index (χ2v) is 12.4. The molecule has 0 saturated carbocycles. The Labute approximate surface area is 264 Å². The van der Waals surface area contributed by atoms with Gasteiger partial charge in [-0.1, -0.05) is 59.2 Å². The monoisotopic (exact) mass is 631 g/mol. The normalized spacial score (nSPS) is 13.9. The molecule has 244 valence electrons. The Morgan fingerprint density at radius 1 is 1.09 bits per heavy atom. The number of alkyl carbamates (subject to hydrolysis) is 1. The van der Waals surface area contributed by atoms with Crippen molar-refractivity contribution in [3.05, 3.63) is 45.9 Å². The molecule has 0 bridgehead atoms. The van der Waals surface area contributed by atoms with E-state index in [2.05, 4.69) is 15.6 Å². The summed E-state index contributed by atoms with van der Waals surface area (Å²) in [6, 6.07) is 6.54. The molecule has 5 N–H and O–H groups in total. The maximum Gasteiger partial charge on any atom is 0.407 e. The molecule has 1 aromatic carbocycles. The van der Waals surface area contributed by atoms with E-state index in [1.165, 1.54) is 18.4 Å². The minimum Gasteiger partial charge on any atom is -0.481 e. The molecule has 1 heterocycles. The van der Waals surface area contributed by atoms with Crippen LogP contribution < -0.4 is 16.4 Å². The van der Waals surface area contributed by atoms with Crippen LogP contribution in [0, 0.1) is 11.8 Å². The quantitative estimate of drug-likeness (QED) is 0.159. The van der Waals surface area contributed by atoms with E-state index in [1.807, 2.05) is 50.8 Å². The molecule has 44 heavy (non-hydrogen) atoms. The lowest BCUT2D eigenvalue weighted by Crippen LogP contribution is -2.45. The Kier molecular flexibility index (Phi) is 15.1. The fourth-order valence-electron chi connectivity index (χ4n) is 5.06. The van der Waals surface area contributed by atoms with Crippen LogP contribution in [0.4, 0.5) is 10.5 Å². The van der Waals surface area contributed by atoms with Gasteiger partial charge in [-0.2, -0.15) is 0 Å². The van der Waals surface area contributed by atoms with E-state index in [-0.39, 0.29) is 30.0 Å². The van der Waals surface area contributed by atoms with Gasteiger partial charge in [-0.05, 0) is 43.2 Å². The zero-order chi connectivity index (χ0) is 32.8. The van der Waals surface area contributed by atoms with E-state index < -0.39 is 36.0 Å². The highest BCUT2D eigenvalue weighted by atomic mass is 32.1. The minimum atomic E-state index is -0.958. The number of carbonyl (C=O) groups is 4. The number of aromatic nitrogens is 1. The second kappa shape index (κ2) is 18.2. The molecule has 0 saturated heterocycles. The topological polar surface area (TPSA) is 164 Å². The molecule has 4 atom stereocenters. The van der Waals surface area contributed by atoms with Crippen molar-refractivity contribution in [3.63, 3.8) is 0 Å². The summed E-state index contributed by atoms with van der Waals surface area (Å²) < 4.78 is 5.75.